The summed E-state index contributed by atoms with van der Waals surface area (Å²) in [5.41, 5.74) is 0. The van der Waals surface area contributed by atoms with Gasteiger partial charge < -0.3 is 0 Å². The molecule has 0 saturated heterocycles. The molecule has 0 unspecified atom stereocenters. The van der Waals surface area contributed by atoms with Gasteiger partial charge in [-0.05, 0) is 6.92 Å². The van der Waals surface area contributed by atoms with Crippen molar-refractivity contribution in [3.05, 3.63) is 0 Å². The van der Waals surface area contributed by atoms with E-state index in [0.717, 1.165) is 0 Å². The maximum Gasteiger partial charge on any atom is 0.0682 e. The summed E-state index contributed by atoms with van der Waals surface area (Å²) in [7, 11) is 0. The second-order valence-corrected chi connectivity index (χ2v) is 2.28. The van der Waals surface area contributed by atoms with Crippen LogP contribution in [-0.4, -0.2) is 4.58 Å². The van der Waals surface area contributed by atoms with Crippen LogP contribution in [0.4, 0.5) is 0 Å². The van der Waals surface area contributed by atoms with Gasteiger partial charge in [0, 0.05) is 0 Å². The Morgan fingerprint density at radius 1 is 1.50 bits per heavy atom. The Morgan fingerprint density at radius 2 is 1.50 bits per heavy atom. The Hall–Kier alpha value is 0.700. The third-order valence-electron chi connectivity index (χ3n) is 0. The summed E-state index contributed by atoms with van der Waals surface area (Å²) in [6.45, 7) is 1.80. The summed E-state index contributed by atoms with van der Waals surface area (Å²) in [4.78, 5) is 0. The standard InChI is InChI=1S/C2H4S2/c1-2(3)4/h2H,1H3. The highest BCUT2D eigenvalue weighted by Crippen LogP contribution is 1.93. The molecular weight excluding hydrogens is 88.2 g/mol. The van der Waals surface area contributed by atoms with Crippen molar-refractivity contribution in [1.82, 2.24) is 0 Å². The first kappa shape index (κ1) is 4.70. The lowest BCUT2D eigenvalue weighted by atomic mass is 11.0. The quantitative estimate of drug-likeness (QED) is 0.427. The van der Waals surface area contributed by atoms with E-state index in [1.165, 1.54) is 0 Å². The summed E-state index contributed by atoms with van der Waals surface area (Å²) >= 11 is 8.87. The van der Waals surface area contributed by atoms with Crippen LogP contribution in [0.2, 0.25) is 0 Å². The lowest BCUT2D eigenvalue weighted by Gasteiger charge is -1.73. The second kappa shape index (κ2) is 1.97. The molecule has 2 radical (unpaired) electrons. The van der Waals surface area contributed by atoms with Crippen molar-refractivity contribution in [3.63, 3.8) is 0 Å². The van der Waals surface area contributed by atoms with E-state index < -0.39 is 0 Å². The zero-order valence-electron chi connectivity index (χ0n) is 2.39. The van der Waals surface area contributed by atoms with Crippen LogP contribution in [0.1, 0.15) is 6.92 Å². The summed E-state index contributed by atoms with van der Waals surface area (Å²) in [5, 5.41) is 0. The molecule has 0 rings (SSSR count). The Balaban J connectivity index is 2.32. The molecule has 0 N–H and O–H groups in total. The van der Waals surface area contributed by atoms with Crippen molar-refractivity contribution < 1.29 is 0 Å². The molecule has 0 fully saturated rings. The molecule has 0 aromatic carbocycles. The highest BCUT2D eigenvalue weighted by Gasteiger charge is 1.74. The maximum absolute atomic E-state index is 4.44. The van der Waals surface area contributed by atoms with Gasteiger partial charge in [-0.2, -0.15) is 0 Å². The van der Waals surface area contributed by atoms with Crippen LogP contribution in [0.5, 0.6) is 0 Å². The van der Waals surface area contributed by atoms with Crippen molar-refractivity contribution >= 4 is 25.3 Å². The largest absolute Gasteiger partial charge is 0.0780 e. The molecule has 0 aromatic rings. The van der Waals surface area contributed by atoms with Crippen molar-refractivity contribution in [3.8, 4) is 0 Å². The number of rotatable bonds is 0. The Labute approximate surface area is 37.4 Å². The molecule has 0 bridgehead atoms. The molecule has 0 atom stereocenters. The average molecular weight is 92.2 g/mol. The topological polar surface area (TPSA) is 0 Å². The van der Waals surface area contributed by atoms with Crippen LogP contribution < -0.4 is 0 Å². The van der Waals surface area contributed by atoms with E-state index in [-0.39, 0.29) is 4.58 Å². The van der Waals surface area contributed by atoms with Crippen LogP contribution in [-0.2, 0) is 0 Å². The maximum atomic E-state index is 4.44. The lowest BCUT2D eigenvalue weighted by molar-refractivity contribution is 1.45. The smallest absolute Gasteiger partial charge is 0.0682 e. The van der Waals surface area contributed by atoms with Gasteiger partial charge in [-0.15, -0.1) is 0 Å². The van der Waals surface area contributed by atoms with Gasteiger partial charge >= 0.3 is 0 Å². The first-order valence-corrected chi connectivity index (χ1v) is 1.99. The monoisotopic (exact) mass is 92.0 g/mol. The summed E-state index contributed by atoms with van der Waals surface area (Å²) in [6.07, 6.45) is 0. The van der Waals surface area contributed by atoms with Crippen LogP contribution in [0.15, 0.2) is 0 Å². The highest BCUT2D eigenvalue weighted by molar-refractivity contribution is 7.99. The van der Waals surface area contributed by atoms with E-state index in [1.807, 2.05) is 0 Å². The molecule has 0 aromatic heterocycles. The Kier molecular flexibility index (Phi) is 2.32. The van der Waals surface area contributed by atoms with Crippen molar-refractivity contribution in [1.29, 1.82) is 0 Å². The molecule has 2 heteroatoms. The molecule has 0 amide bonds. The molecule has 0 aliphatic carbocycles. The predicted octanol–water partition coefficient (Wildman–Crippen LogP) is 1.73. The molecule has 0 heterocycles. The van der Waals surface area contributed by atoms with Crippen LogP contribution >= 0.6 is 25.3 Å². The second-order valence-electron chi connectivity index (χ2n) is 0.568. The van der Waals surface area contributed by atoms with E-state index in [4.69, 9.17) is 0 Å². The minimum Gasteiger partial charge on any atom is -0.0780 e. The SMILES string of the molecule is CC([S])[S]. The normalized spacial score (nSPS) is 9.00. The first-order chi connectivity index (χ1) is 1.73. The van der Waals surface area contributed by atoms with Crippen LogP contribution in [0.3, 0.4) is 0 Å². The predicted molar refractivity (Wildman–Crippen MR) is 24.6 cm³/mol. The van der Waals surface area contributed by atoms with E-state index >= 15 is 0 Å². The molecule has 0 aliphatic heterocycles. The summed E-state index contributed by atoms with van der Waals surface area (Å²) in [5.74, 6) is 0. The molecule has 0 nitrogen and oxygen atoms in total. The molecule has 0 aliphatic rings. The van der Waals surface area contributed by atoms with Gasteiger partial charge in [0.1, 0.15) is 0 Å². The highest BCUT2D eigenvalue weighted by atomic mass is 32.2. The average Bonchev–Trinajstić information content (AvgIpc) is 0.811. The minimum atomic E-state index is 0. The summed E-state index contributed by atoms with van der Waals surface area (Å²) < 4.78 is 0. The van der Waals surface area contributed by atoms with Gasteiger partial charge in [0.25, 0.3) is 0 Å². The fourth-order valence-electron chi connectivity index (χ4n) is 0. The van der Waals surface area contributed by atoms with Gasteiger partial charge in [-0.3, -0.25) is 0 Å². The van der Waals surface area contributed by atoms with Gasteiger partial charge in [-0.1, -0.05) is 25.3 Å². The van der Waals surface area contributed by atoms with Crippen LogP contribution in [0, 0.1) is 0 Å². The molecule has 0 spiro atoms. The van der Waals surface area contributed by atoms with Gasteiger partial charge in [0.05, 0.1) is 4.58 Å². The van der Waals surface area contributed by atoms with Gasteiger partial charge in [-0.25, -0.2) is 0 Å². The third kappa shape index (κ3) is 15.9. The zero-order valence-corrected chi connectivity index (χ0v) is 4.03. The Bertz CT molecular complexity index is 8.75. The molecule has 4 heavy (non-hydrogen) atoms. The summed E-state index contributed by atoms with van der Waals surface area (Å²) in [6, 6.07) is 0. The fraction of sp³-hybridized carbons (Fsp3) is 1.00. The van der Waals surface area contributed by atoms with E-state index in [1.54, 1.807) is 6.92 Å². The third-order valence-corrected chi connectivity index (χ3v) is 0. The molecule has 24 valence electrons. The van der Waals surface area contributed by atoms with E-state index in [0.29, 0.717) is 0 Å². The first-order valence-electron chi connectivity index (χ1n) is 1.05. The van der Waals surface area contributed by atoms with Crippen LogP contribution in [0.25, 0.3) is 0 Å². The van der Waals surface area contributed by atoms with Crippen molar-refractivity contribution in [2.24, 2.45) is 0 Å². The van der Waals surface area contributed by atoms with Gasteiger partial charge in [0.15, 0.2) is 0 Å². The number of hydrogen-bond donors (Lipinski definition) is 0. The van der Waals surface area contributed by atoms with Gasteiger partial charge in [0.2, 0.25) is 0 Å². The van der Waals surface area contributed by atoms with Crippen molar-refractivity contribution in [2.75, 3.05) is 0 Å². The minimum absolute atomic E-state index is 0. The van der Waals surface area contributed by atoms with E-state index in [2.05, 4.69) is 25.3 Å². The van der Waals surface area contributed by atoms with E-state index in [9.17, 15) is 0 Å². The lowest BCUT2D eigenvalue weighted by Crippen LogP contribution is -1.64. The molecular formula is C2H4S2. The fourth-order valence-corrected chi connectivity index (χ4v) is 0. The number of hydrogen-bond acceptors (Lipinski definition) is 0. The van der Waals surface area contributed by atoms with Crippen molar-refractivity contribution in [2.45, 2.75) is 11.5 Å². The Morgan fingerprint density at radius 3 is 1.50 bits per heavy atom. The zero-order chi connectivity index (χ0) is 3.58. The molecule has 0 saturated carbocycles.